The molecule has 1 aromatic carbocycles. The zero-order chi connectivity index (χ0) is 15.0. The average Bonchev–Trinajstić information content (AvgIpc) is 2.93. The van der Waals surface area contributed by atoms with E-state index in [-0.39, 0.29) is 5.91 Å². The minimum atomic E-state index is -0.0415. The summed E-state index contributed by atoms with van der Waals surface area (Å²) in [5.41, 5.74) is 2.72. The van der Waals surface area contributed by atoms with Crippen LogP contribution < -0.4 is 9.64 Å². The lowest BCUT2D eigenvalue weighted by molar-refractivity contribution is 0.0986. The smallest absolute Gasteiger partial charge is 0.272 e. The number of ether oxygens (including phenoxy) is 1. The topological polar surface area (TPSA) is 55.3 Å². The van der Waals surface area contributed by atoms with Gasteiger partial charge >= 0.3 is 0 Å². The van der Waals surface area contributed by atoms with Crippen LogP contribution in [-0.2, 0) is 0 Å². The minimum Gasteiger partial charge on any atom is -0.495 e. The van der Waals surface area contributed by atoms with Gasteiger partial charge < -0.3 is 9.64 Å². The fourth-order valence-corrected chi connectivity index (χ4v) is 3.34. The molecule has 110 valence electrons. The first kappa shape index (κ1) is 14.0. The standard InChI is InChI=1S/C15H17N3O2S/c1-9-7-8-18(15(19)14-10(2)16-17-21-14)13-11(9)5-4-6-12(13)20-3/h4-6,9H,7-8H2,1-3H3. The Hall–Kier alpha value is -1.95. The van der Waals surface area contributed by atoms with Crippen LogP contribution in [0, 0.1) is 6.92 Å². The zero-order valence-corrected chi connectivity index (χ0v) is 13.1. The highest BCUT2D eigenvalue weighted by Gasteiger charge is 2.31. The Kier molecular flexibility index (Phi) is 3.63. The van der Waals surface area contributed by atoms with E-state index >= 15 is 0 Å². The first-order chi connectivity index (χ1) is 10.1. The molecule has 0 radical (unpaired) electrons. The lowest BCUT2D eigenvalue weighted by atomic mass is 9.91. The van der Waals surface area contributed by atoms with E-state index in [4.69, 9.17) is 4.74 Å². The third-order valence-electron chi connectivity index (χ3n) is 3.93. The largest absolute Gasteiger partial charge is 0.495 e. The van der Waals surface area contributed by atoms with Gasteiger partial charge in [0.05, 0.1) is 18.5 Å². The lowest BCUT2D eigenvalue weighted by Crippen LogP contribution is -2.36. The van der Waals surface area contributed by atoms with Gasteiger partial charge in [0.2, 0.25) is 0 Å². The van der Waals surface area contributed by atoms with Gasteiger partial charge in [0.1, 0.15) is 10.6 Å². The van der Waals surface area contributed by atoms with Crippen molar-refractivity contribution in [3.8, 4) is 5.75 Å². The molecule has 1 amide bonds. The molecule has 1 unspecified atom stereocenters. The maximum absolute atomic E-state index is 12.8. The second-order valence-electron chi connectivity index (χ2n) is 5.23. The second kappa shape index (κ2) is 5.44. The number of nitrogens with zero attached hydrogens (tertiary/aromatic N) is 3. The van der Waals surface area contributed by atoms with Gasteiger partial charge in [0, 0.05) is 6.54 Å². The van der Waals surface area contributed by atoms with Crippen molar-refractivity contribution in [3.63, 3.8) is 0 Å². The Balaban J connectivity index is 2.09. The number of hydrogen-bond acceptors (Lipinski definition) is 5. The van der Waals surface area contributed by atoms with Crippen molar-refractivity contribution in [2.75, 3.05) is 18.6 Å². The van der Waals surface area contributed by atoms with Gasteiger partial charge in [-0.05, 0) is 42.4 Å². The second-order valence-corrected chi connectivity index (χ2v) is 5.99. The molecule has 0 fully saturated rings. The monoisotopic (exact) mass is 303 g/mol. The zero-order valence-electron chi connectivity index (χ0n) is 12.3. The number of fused-ring (bicyclic) bond motifs is 1. The number of methoxy groups -OCH3 is 1. The molecule has 1 aliphatic heterocycles. The van der Waals surface area contributed by atoms with Gasteiger partial charge in [-0.3, -0.25) is 4.79 Å². The number of anilines is 1. The van der Waals surface area contributed by atoms with Crippen molar-refractivity contribution < 1.29 is 9.53 Å². The maximum Gasteiger partial charge on any atom is 0.272 e. The van der Waals surface area contributed by atoms with Crippen LogP contribution in [0.5, 0.6) is 5.75 Å². The summed E-state index contributed by atoms with van der Waals surface area (Å²) in [5.74, 6) is 1.11. The van der Waals surface area contributed by atoms with Crippen LogP contribution in [-0.4, -0.2) is 29.1 Å². The molecule has 1 aliphatic rings. The average molecular weight is 303 g/mol. The summed E-state index contributed by atoms with van der Waals surface area (Å²) in [6.07, 6.45) is 0.942. The molecule has 0 spiro atoms. The number of rotatable bonds is 2. The minimum absolute atomic E-state index is 0.0415. The number of aryl methyl sites for hydroxylation is 1. The highest BCUT2D eigenvalue weighted by molar-refractivity contribution is 7.08. The van der Waals surface area contributed by atoms with Crippen LogP contribution in [0.3, 0.4) is 0 Å². The van der Waals surface area contributed by atoms with E-state index in [0.717, 1.165) is 35.0 Å². The first-order valence-electron chi connectivity index (χ1n) is 6.91. The summed E-state index contributed by atoms with van der Waals surface area (Å²) in [6, 6.07) is 5.94. The van der Waals surface area contributed by atoms with E-state index in [9.17, 15) is 4.79 Å². The predicted octanol–water partition coefficient (Wildman–Crippen LogP) is 3.01. The Bertz CT molecular complexity index is 683. The molecule has 3 rings (SSSR count). The lowest BCUT2D eigenvalue weighted by Gasteiger charge is -2.33. The van der Waals surface area contributed by atoms with Crippen LogP contribution >= 0.6 is 11.5 Å². The SMILES string of the molecule is COc1cccc2c1N(C(=O)c1snnc1C)CCC2C. The molecule has 0 aliphatic carbocycles. The first-order valence-corrected chi connectivity index (χ1v) is 7.68. The van der Waals surface area contributed by atoms with Crippen molar-refractivity contribution in [2.24, 2.45) is 0 Å². The molecule has 0 bridgehead atoms. The molecule has 0 saturated carbocycles. The van der Waals surface area contributed by atoms with Gasteiger partial charge in [-0.25, -0.2) is 0 Å². The molecule has 1 aromatic heterocycles. The molecule has 2 aromatic rings. The quantitative estimate of drug-likeness (QED) is 0.856. The molecule has 21 heavy (non-hydrogen) atoms. The normalized spacial score (nSPS) is 17.5. The Morgan fingerprint density at radius 1 is 1.48 bits per heavy atom. The Morgan fingerprint density at radius 2 is 2.29 bits per heavy atom. The van der Waals surface area contributed by atoms with Gasteiger partial charge in [-0.15, -0.1) is 5.10 Å². The van der Waals surface area contributed by atoms with Crippen LogP contribution in [0.15, 0.2) is 18.2 Å². The van der Waals surface area contributed by atoms with Gasteiger partial charge in [-0.2, -0.15) is 0 Å². The fourth-order valence-electron chi connectivity index (χ4n) is 2.73. The van der Waals surface area contributed by atoms with E-state index < -0.39 is 0 Å². The number of para-hydroxylation sites is 1. The molecule has 2 heterocycles. The molecule has 6 heteroatoms. The van der Waals surface area contributed by atoms with Crippen molar-refractivity contribution in [3.05, 3.63) is 34.3 Å². The third kappa shape index (κ3) is 2.29. The summed E-state index contributed by atoms with van der Waals surface area (Å²) in [7, 11) is 1.64. The number of benzene rings is 1. The van der Waals surface area contributed by atoms with E-state index in [1.807, 2.05) is 19.1 Å². The molecular weight excluding hydrogens is 286 g/mol. The van der Waals surface area contributed by atoms with E-state index in [1.54, 1.807) is 12.0 Å². The van der Waals surface area contributed by atoms with E-state index in [1.165, 1.54) is 0 Å². The number of aromatic nitrogens is 2. The Morgan fingerprint density at radius 3 is 2.95 bits per heavy atom. The summed E-state index contributed by atoms with van der Waals surface area (Å²) in [6.45, 7) is 4.68. The van der Waals surface area contributed by atoms with E-state index in [0.29, 0.717) is 23.0 Å². The molecule has 0 saturated heterocycles. The summed E-state index contributed by atoms with van der Waals surface area (Å²) in [4.78, 5) is 15.2. The van der Waals surface area contributed by atoms with Crippen molar-refractivity contribution in [1.29, 1.82) is 0 Å². The highest BCUT2D eigenvalue weighted by atomic mass is 32.1. The number of carbonyl (C=O) groups is 1. The number of carbonyl (C=O) groups excluding carboxylic acids is 1. The molecule has 5 nitrogen and oxygen atoms in total. The van der Waals surface area contributed by atoms with Crippen LogP contribution in [0.25, 0.3) is 0 Å². The van der Waals surface area contributed by atoms with Crippen molar-refractivity contribution in [2.45, 2.75) is 26.2 Å². The van der Waals surface area contributed by atoms with E-state index in [2.05, 4.69) is 22.6 Å². The summed E-state index contributed by atoms with van der Waals surface area (Å²) < 4.78 is 9.33. The third-order valence-corrected chi connectivity index (χ3v) is 4.74. The molecule has 1 atom stereocenters. The van der Waals surface area contributed by atoms with Gasteiger partial charge in [0.25, 0.3) is 5.91 Å². The van der Waals surface area contributed by atoms with Crippen LogP contribution in [0.2, 0.25) is 0 Å². The van der Waals surface area contributed by atoms with Crippen molar-refractivity contribution >= 4 is 23.1 Å². The maximum atomic E-state index is 12.8. The van der Waals surface area contributed by atoms with Gasteiger partial charge in [0.15, 0.2) is 0 Å². The van der Waals surface area contributed by atoms with Gasteiger partial charge in [-0.1, -0.05) is 23.5 Å². The predicted molar refractivity (Wildman–Crippen MR) is 82.3 cm³/mol. The fraction of sp³-hybridized carbons (Fsp3) is 0.400. The Labute approximate surface area is 127 Å². The van der Waals surface area contributed by atoms with Crippen molar-refractivity contribution in [1.82, 2.24) is 9.59 Å². The number of amides is 1. The van der Waals surface area contributed by atoms with Crippen LogP contribution in [0.1, 0.15) is 40.2 Å². The number of hydrogen-bond donors (Lipinski definition) is 0. The summed E-state index contributed by atoms with van der Waals surface area (Å²) in [5, 5.41) is 3.94. The molecular formula is C15H17N3O2S. The summed E-state index contributed by atoms with van der Waals surface area (Å²) >= 11 is 1.15. The van der Waals surface area contributed by atoms with Crippen LogP contribution in [0.4, 0.5) is 5.69 Å². The molecule has 0 N–H and O–H groups in total. The highest BCUT2D eigenvalue weighted by Crippen LogP contribution is 2.42.